The monoisotopic (exact) mass is 407 g/mol. The van der Waals surface area contributed by atoms with E-state index in [1.165, 1.54) is 21.6 Å². The Morgan fingerprint density at radius 1 is 1.31 bits per heavy atom. The first-order valence-corrected chi connectivity index (χ1v) is 10.6. The fourth-order valence-corrected chi connectivity index (χ4v) is 3.85. The third-order valence-electron chi connectivity index (χ3n) is 3.08. The highest BCUT2D eigenvalue weighted by Crippen LogP contribution is 2.21. The van der Waals surface area contributed by atoms with Gasteiger partial charge in [-0.1, -0.05) is 21.6 Å². The summed E-state index contributed by atoms with van der Waals surface area (Å²) >= 11 is 0. The Balaban J connectivity index is 2.44. The first-order valence-electron chi connectivity index (χ1n) is 8.10. The number of ether oxygens (including phenoxy) is 1. The van der Waals surface area contributed by atoms with Crippen LogP contribution in [-0.4, -0.2) is 76.7 Å². The Hall–Kier alpha value is -1.62. The molecule has 0 radical (unpaired) electrons. The molecule has 1 heterocycles. The minimum absolute atomic E-state index is 0.0322. The first kappa shape index (κ1) is 22.4. The van der Waals surface area contributed by atoms with Crippen molar-refractivity contribution in [2.45, 2.75) is 38.8 Å². The summed E-state index contributed by atoms with van der Waals surface area (Å²) in [7, 11) is 2.89. The van der Waals surface area contributed by atoms with Gasteiger partial charge in [-0.25, -0.2) is 4.79 Å². The number of amides is 3. The molecule has 0 saturated carbocycles. The fraction of sp³-hybridized carbons (Fsp3) is 0.733. The highest BCUT2D eigenvalue weighted by Gasteiger charge is 2.37. The fourth-order valence-electron chi connectivity index (χ4n) is 1.97. The standard InChI is InChI=1S/C15H25N3O6S2/c1-15(2,3)24-14(23)18-9-11(19)17-8-10(18)13(22)16-5-7-26-25-6-4-12(20)21/h10H,4-9H2,1-3H3,(H,16,22)(H,17,19)(H,20,21). The predicted octanol–water partition coefficient (Wildman–Crippen LogP) is 0.694. The van der Waals surface area contributed by atoms with E-state index in [2.05, 4.69) is 10.6 Å². The number of nitrogens with one attached hydrogen (secondary N) is 2. The largest absolute Gasteiger partial charge is 0.481 e. The molecule has 1 saturated heterocycles. The second-order valence-electron chi connectivity index (χ2n) is 6.51. The van der Waals surface area contributed by atoms with E-state index < -0.39 is 23.7 Å². The topological polar surface area (TPSA) is 125 Å². The van der Waals surface area contributed by atoms with Gasteiger partial charge < -0.3 is 20.5 Å². The van der Waals surface area contributed by atoms with Gasteiger partial charge in [-0.2, -0.15) is 0 Å². The third-order valence-corrected chi connectivity index (χ3v) is 5.49. The zero-order valence-corrected chi connectivity index (χ0v) is 16.7. The van der Waals surface area contributed by atoms with E-state index in [0.29, 0.717) is 18.1 Å². The maximum Gasteiger partial charge on any atom is 0.411 e. The number of carbonyl (C=O) groups excluding carboxylic acids is 3. The van der Waals surface area contributed by atoms with Crippen LogP contribution in [0.4, 0.5) is 4.79 Å². The molecule has 1 rings (SSSR count). The van der Waals surface area contributed by atoms with Crippen LogP contribution in [0.1, 0.15) is 27.2 Å². The van der Waals surface area contributed by atoms with Crippen LogP contribution < -0.4 is 10.6 Å². The van der Waals surface area contributed by atoms with Crippen molar-refractivity contribution in [2.75, 3.05) is 31.1 Å². The molecule has 0 aromatic carbocycles. The number of aliphatic carboxylic acids is 1. The lowest BCUT2D eigenvalue weighted by Crippen LogP contribution is -2.62. The van der Waals surface area contributed by atoms with E-state index >= 15 is 0 Å². The van der Waals surface area contributed by atoms with E-state index in [4.69, 9.17) is 9.84 Å². The first-order chi connectivity index (χ1) is 12.1. The van der Waals surface area contributed by atoms with E-state index in [1.54, 1.807) is 20.8 Å². The zero-order chi connectivity index (χ0) is 19.7. The lowest BCUT2D eigenvalue weighted by atomic mass is 10.1. The summed E-state index contributed by atoms with van der Waals surface area (Å²) < 4.78 is 5.27. The second-order valence-corrected chi connectivity index (χ2v) is 9.21. The smallest absolute Gasteiger partial charge is 0.411 e. The quantitative estimate of drug-likeness (QED) is 0.397. The van der Waals surface area contributed by atoms with Crippen LogP contribution in [0.2, 0.25) is 0 Å². The average molecular weight is 408 g/mol. The van der Waals surface area contributed by atoms with Gasteiger partial charge in [0.2, 0.25) is 11.8 Å². The molecule has 0 aliphatic carbocycles. The molecule has 9 nitrogen and oxygen atoms in total. The molecule has 1 aliphatic heterocycles. The lowest BCUT2D eigenvalue weighted by Gasteiger charge is -2.35. The molecule has 0 aromatic heterocycles. The molecule has 11 heteroatoms. The van der Waals surface area contributed by atoms with E-state index in [1.807, 2.05) is 0 Å². The van der Waals surface area contributed by atoms with Gasteiger partial charge in [-0.15, -0.1) is 0 Å². The molecule has 1 unspecified atom stereocenters. The van der Waals surface area contributed by atoms with Crippen LogP contribution in [-0.2, 0) is 19.1 Å². The van der Waals surface area contributed by atoms with Crippen LogP contribution in [0.25, 0.3) is 0 Å². The molecule has 1 fully saturated rings. The van der Waals surface area contributed by atoms with Gasteiger partial charge >= 0.3 is 12.1 Å². The molecule has 3 amide bonds. The number of carboxylic acid groups (broad SMARTS) is 1. The summed E-state index contributed by atoms with van der Waals surface area (Å²) in [4.78, 5) is 47.7. The highest BCUT2D eigenvalue weighted by atomic mass is 33.1. The van der Waals surface area contributed by atoms with Crippen molar-refractivity contribution < 1.29 is 29.0 Å². The van der Waals surface area contributed by atoms with Crippen molar-refractivity contribution in [3.8, 4) is 0 Å². The lowest BCUT2D eigenvalue weighted by molar-refractivity contribution is -0.136. The Labute approximate surface area is 160 Å². The van der Waals surface area contributed by atoms with Crippen LogP contribution >= 0.6 is 21.6 Å². The van der Waals surface area contributed by atoms with Gasteiger partial charge in [0, 0.05) is 24.6 Å². The molecular formula is C15H25N3O6S2. The van der Waals surface area contributed by atoms with Crippen LogP contribution in [0.3, 0.4) is 0 Å². The highest BCUT2D eigenvalue weighted by molar-refractivity contribution is 8.76. The average Bonchev–Trinajstić information content (AvgIpc) is 2.51. The summed E-state index contributed by atoms with van der Waals surface area (Å²) in [6, 6.07) is -0.827. The maximum absolute atomic E-state index is 12.4. The molecule has 1 atom stereocenters. The third kappa shape index (κ3) is 8.65. The van der Waals surface area contributed by atoms with Crippen molar-refractivity contribution in [1.82, 2.24) is 15.5 Å². The van der Waals surface area contributed by atoms with Gasteiger partial charge in [0.1, 0.15) is 18.2 Å². The number of hydrogen-bond donors (Lipinski definition) is 3. The van der Waals surface area contributed by atoms with Crippen molar-refractivity contribution in [3.05, 3.63) is 0 Å². The number of nitrogens with zero attached hydrogens (tertiary/aromatic N) is 1. The van der Waals surface area contributed by atoms with Gasteiger partial charge in [0.15, 0.2) is 0 Å². The molecule has 0 spiro atoms. The minimum Gasteiger partial charge on any atom is -0.481 e. The number of piperazine rings is 1. The summed E-state index contributed by atoms with van der Waals surface area (Å²) in [5.41, 5.74) is -0.726. The molecule has 148 valence electrons. The zero-order valence-electron chi connectivity index (χ0n) is 15.1. The van der Waals surface area contributed by atoms with Gasteiger partial charge in [0.25, 0.3) is 0 Å². The number of carbonyl (C=O) groups is 4. The van der Waals surface area contributed by atoms with E-state index in [9.17, 15) is 19.2 Å². The summed E-state index contributed by atoms with van der Waals surface area (Å²) in [5.74, 6) is -0.457. The molecule has 3 N–H and O–H groups in total. The van der Waals surface area contributed by atoms with E-state index in [-0.39, 0.29) is 31.3 Å². The summed E-state index contributed by atoms with van der Waals surface area (Å²) in [6.07, 6.45) is -0.609. The SMILES string of the molecule is CC(C)(C)OC(=O)N1CC(=O)NCC1C(=O)NCCSSCCC(=O)O. The Morgan fingerprint density at radius 3 is 2.58 bits per heavy atom. The van der Waals surface area contributed by atoms with Crippen molar-refractivity contribution in [2.24, 2.45) is 0 Å². The summed E-state index contributed by atoms with van der Waals surface area (Å²) in [6.45, 7) is 5.31. The molecule has 0 bridgehead atoms. The maximum atomic E-state index is 12.4. The van der Waals surface area contributed by atoms with Crippen molar-refractivity contribution >= 4 is 45.5 Å². The summed E-state index contributed by atoms with van der Waals surface area (Å²) in [5, 5.41) is 13.8. The normalized spacial score (nSPS) is 17.4. The number of rotatable bonds is 8. The van der Waals surface area contributed by atoms with Gasteiger partial charge in [0.05, 0.1) is 6.42 Å². The van der Waals surface area contributed by atoms with Gasteiger partial charge in [-0.3, -0.25) is 19.3 Å². The molecule has 0 aromatic rings. The van der Waals surface area contributed by atoms with E-state index in [0.717, 1.165) is 4.90 Å². The Morgan fingerprint density at radius 2 is 1.96 bits per heavy atom. The number of carboxylic acids is 1. The van der Waals surface area contributed by atoms with Gasteiger partial charge in [-0.05, 0) is 20.8 Å². The Kier molecular flexibility index (Phi) is 9.06. The van der Waals surface area contributed by atoms with Crippen molar-refractivity contribution in [3.63, 3.8) is 0 Å². The molecular weight excluding hydrogens is 382 g/mol. The molecule has 26 heavy (non-hydrogen) atoms. The second kappa shape index (κ2) is 10.5. The van der Waals surface area contributed by atoms with Crippen molar-refractivity contribution in [1.29, 1.82) is 0 Å². The molecule has 1 aliphatic rings. The number of hydrogen-bond acceptors (Lipinski definition) is 7. The predicted molar refractivity (Wildman–Crippen MR) is 99.9 cm³/mol. The van der Waals surface area contributed by atoms with Crippen LogP contribution in [0, 0.1) is 0 Å². The van der Waals surface area contributed by atoms with Crippen LogP contribution in [0.5, 0.6) is 0 Å². The van der Waals surface area contributed by atoms with Crippen LogP contribution in [0.15, 0.2) is 0 Å². The Bertz CT molecular complexity index is 538. The minimum atomic E-state index is -0.840.